The van der Waals surface area contributed by atoms with Gasteiger partial charge >= 0.3 is 0 Å². The monoisotopic (exact) mass is 303 g/mol. The van der Waals surface area contributed by atoms with Crippen LogP contribution in [-0.4, -0.2) is 15.0 Å². The number of hydrogen-bond donors (Lipinski definition) is 1. The van der Waals surface area contributed by atoms with E-state index in [0.29, 0.717) is 29.3 Å². The Morgan fingerprint density at radius 3 is 1.95 bits per heavy atom. The van der Waals surface area contributed by atoms with Crippen molar-refractivity contribution in [2.45, 2.75) is 32.6 Å². The molecule has 108 valence electrons. The van der Waals surface area contributed by atoms with E-state index in [4.69, 9.17) is 11.6 Å². The summed E-state index contributed by atoms with van der Waals surface area (Å²) in [6, 6.07) is 6.20. The van der Waals surface area contributed by atoms with Gasteiger partial charge in [-0.25, -0.2) is 13.1 Å². The van der Waals surface area contributed by atoms with Crippen LogP contribution in [0.4, 0.5) is 0 Å². The van der Waals surface area contributed by atoms with Crippen LogP contribution in [0.2, 0.25) is 5.02 Å². The van der Waals surface area contributed by atoms with Crippen molar-refractivity contribution in [3.8, 4) is 0 Å². The van der Waals surface area contributed by atoms with E-state index in [9.17, 15) is 8.42 Å². The summed E-state index contributed by atoms with van der Waals surface area (Å²) in [5.41, 5.74) is 0. The van der Waals surface area contributed by atoms with E-state index in [-0.39, 0.29) is 4.90 Å². The number of hydrogen-bond acceptors (Lipinski definition) is 2. The average Bonchev–Trinajstić information content (AvgIpc) is 2.28. The van der Waals surface area contributed by atoms with E-state index < -0.39 is 10.0 Å². The van der Waals surface area contributed by atoms with Crippen LogP contribution in [0.25, 0.3) is 0 Å². The highest BCUT2D eigenvalue weighted by molar-refractivity contribution is 7.89. The van der Waals surface area contributed by atoms with Crippen molar-refractivity contribution in [2.75, 3.05) is 6.54 Å². The molecule has 1 rings (SSSR count). The van der Waals surface area contributed by atoms with Crippen molar-refractivity contribution in [1.82, 2.24) is 4.72 Å². The van der Waals surface area contributed by atoms with Crippen LogP contribution >= 0.6 is 11.6 Å². The van der Waals surface area contributed by atoms with Crippen LogP contribution < -0.4 is 4.72 Å². The van der Waals surface area contributed by atoms with Gasteiger partial charge in [-0.05, 0) is 42.0 Å². The Bertz CT molecular complexity index is 487. The maximum absolute atomic E-state index is 12.1. The fourth-order valence-electron chi connectivity index (χ4n) is 2.14. The molecule has 0 unspecified atom stereocenters. The summed E-state index contributed by atoms with van der Waals surface area (Å²) in [5.74, 6) is 1.20. The minimum absolute atomic E-state index is 0.253. The Balaban J connectivity index is 2.78. The molecule has 0 bridgehead atoms. The zero-order valence-corrected chi connectivity index (χ0v) is 13.4. The van der Waals surface area contributed by atoms with Gasteiger partial charge in [0.05, 0.1) is 4.90 Å². The van der Waals surface area contributed by atoms with Crippen molar-refractivity contribution >= 4 is 21.6 Å². The number of rotatable bonds is 6. The summed E-state index contributed by atoms with van der Waals surface area (Å²) in [6.45, 7) is 8.91. The van der Waals surface area contributed by atoms with Crippen molar-refractivity contribution in [3.63, 3.8) is 0 Å². The van der Waals surface area contributed by atoms with Gasteiger partial charge in [-0.1, -0.05) is 39.3 Å². The van der Waals surface area contributed by atoms with Gasteiger partial charge in [0.1, 0.15) is 0 Å². The van der Waals surface area contributed by atoms with Crippen molar-refractivity contribution in [2.24, 2.45) is 17.8 Å². The van der Waals surface area contributed by atoms with Gasteiger partial charge in [0.15, 0.2) is 0 Å². The summed E-state index contributed by atoms with van der Waals surface area (Å²) in [5, 5.41) is 0.529. The first-order valence-electron chi connectivity index (χ1n) is 6.49. The average molecular weight is 304 g/mol. The Kier molecular flexibility index (Phi) is 5.83. The quantitative estimate of drug-likeness (QED) is 0.873. The third-order valence-corrected chi connectivity index (χ3v) is 5.04. The standard InChI is InChI=1S/C14H22ClNO2S/c1-10(2)14(11(3)4)9-16-19(17,18)13-7-5-12(15)6-8-13/h5-8,10-11,14,16H,9H2,1-4H3. The lowest BCUT2D eigenvalue weighted by Gasteiger charge is -2.25. The molecule has 0 saturated heterocycles. The van der Waals surface area contributed by atoms with Gasteiger partial charge in [-0.15, -0.1) is 0 Å². The molecule has 1 aromatic carbocycles. The van der Waals surface area contributed by atoms with Gasteiger partial charge in [0, 0.05) is 11.6 Å². The molecule has 0 aromatic heterocycles. The van der Waals surface area contributed by atoms with Crippen LogP contribution in [0.3, 0.4) is 0 Å². The molecule has 1 N–H and O–H groups in total. The first kappa shape index (κ1) is 16.5. The minimum Gasteiger partial charge on any atom is -0.211 e. The highest BCUT2D eigenvalue weighted by Gasteiger charge is 2.21. The van der Waals surface area contributed by atoms with Crippen LogP contribution in [0.5, 0.6) is 0 Å². The number of sulfonamides is 1. The second-order valence-corrected chi connectivity index (χ2v) is 7.66. The molecule has 0 heterocycles. The van der Waals surface area contributed by atoms with Crippen molar-refractivity contribution in [1.29, 1.82) is 0 Å². The molecule has 0 aliphatic heterocycles. The first-order valence-corrected chi connectivity index (χ1v) is 8.35. The summed E-state index contributed by atoms with van der Waals surface area (Å²) in [4.78, 5) is 0.253. The largest absolute Gasteiger partial charge is 0.240 e. The van der Waals surface area contributed by atoms with Gasteiger partial charge in [-0.2, -0.15) is 0 Å². The number of nitrogens with one attached hydrogen (secondary N) is 1. The Hall–Kier alpha value is -0.580. The van der Waals surface area contributed by atoms with Crippen LogP contribution in [-0.2, 0) is 10.0 Å². The summed E-state index contributed by atoms with van der Waals surface area (Å²) >= 11 is 5.76. The molecule has 0 amide bonds. The molecular formula is C14H22ClNO2S. The minimum atomic E-state index is -3.45. The summed E-state index contributed by atoms with van der Waals surface area (Å²) in [6.07, 6.45) is 0. The molecule has 0 radical (unpaired) electrons. The van der Waals surface area contributed by atoms with Gasteiger partial charge in [0.25, 0.3) is 0 Å². The zero-order valence-electron chi connectivity index (χ0n) is 11.9. The van der Waals surface area contributed by atoms with E-state index in [2.05, 4.69) is 32.4 Å². The topological polar surface area (TPSA) is 46.2 Å². The second kappa shape index (κ2) is 6.73. The maximum Gasteiger partial charge on any atom is 0.240 e. The van der Waals surface area contributed by atoms with Crippen LogP contribution in [0.15, 0.2) is 29.2 Å². The van der Waals surface area contributed by atoms with E-state index in [1.54, 1.807) is 12.1 Å². The molecule has 0 aliphatic carbocycles. The Morgan fingerprint density at radius 1 is 1.05 bits per heavy atom. The normalized spacial score (nSPS) is 12.6. The SMILES string of the molecule is CC(C)C(CNS(=O)(=O)c1ccc(Cl)cc1)C(C)C. The second-order valence-electron chi connectivity index (χ2n) is 5.46. The van der Waals surface area contributed by atoms with E-state index in [1.165, 1.54) is 12.1 Å². The van der Waals surface area contributed by atoms with E-state index >= 15 is 0 Å². The van der Waals surface area contributed by atoms with Crippen LogP contribution in [0, 0.1) is 17.8 Å². The van der Waals surface area contributed by atoms with E-state index in [0.717, 1.165) is 0 Å². The molecule has 0 saturated carbocycles. The maximum atomic E-state index is 12.1. The third kappa shape index (κ3) is 4.79. The highest BCUT2D eigenvalue weighted by Crippen LogP contribution is 2.20. The molecule has 0 aliphatic rings. The van der Waals surface area contributed by atoms with E-state index in [1.807, 2.05) is 0 Å². The summed E-state index contributed by atoms with van der Waals surface area (Å²) in [7, 11) is -3.45. The third-order valence-electron chi connectivity index (χ3n) is 3.35. The molecule has 19 heavy (non-hydrogen) atoms. The first-order chi connectivity index (χ1) is 8.74. The lowest BCUT2D eigenvalue weighted by molar-refractivity contribution is 0.289. The van der Waals surface area contributed by atoms with Gasteiger partial charge in [-0.3, -0.25) is 0 Å². The van der Waals surface area contributed by atoms with Gasteiger partial charge in [0.2, 0.25) is 10.0 Å². The molecular weight excluding hydrogens is 282 g/mol. The van der Waals surface area contributed by atoms with Crippen molar-refractivity contribution in [3.05, 3.63) is 29.3 Å². The Labute approximate surface area is 121 Å². The predicted octanol–water partition coefficient (Wildman–Crippen LogP) is 3.55. The fourth-order valence-corrected chi connectivity index (χ4v) is 3.34. The predicted molar refractivity (Wildman–Crippen MR) is 79.8 cm³/mol. The summed E-state index contributed by atoms with van der Waals surface area (Å²) < 4.78 is 27.0. The molecule has 0 atom stereocenters. The molecule has 1 aromatic rings. The van der Waals surface area contributed by atoms with Crippen LogP contribution in [0.1, 0.15) is 27.7 Å². The number of benzene rings is 1. The van der Waals surface area contributed by atoms with Gasteiger partial charge < -0.3 is 0 Å². The smallest absolute Gasteiger partial charge is 0.211 e. The molecule has 0 spiro atoms. The zero-order chi connectivity index (χ0) is 14.6. The van der Waals surface area contributed by atoms with Crippen molar-refractivity contribution < 1.29 is 8.42 Å². The molecule has 5 heteroatoms. The highest BCUT2D eigenvalue weighted by atomic mass is 35.5. The molecule has 3 nitrogen and oxygen atoms in total. The lowest BCUT2D eigenvalue weighted by atomic mass is 9.86. The lowest BCUT2D eigenvalue weighted by Crippen LogP contribution is -2.33. The fraction of sp³-hybridized carbons (Fsp3) is 0.571. The molecule has 0 fully saturated rings. The Morgan fingerprint density at radius 2 is 1.53 bits per heavy atom. The number of halogens is 1.